The summed E-state index contributed by atoms with van der Waals surface area (Å²) < 4.78 is 38.5. The first kappa shape index (κ1) is 13.5. The van der Waals surface area contributed by atoms with Gasteiger partial charge in [-0.2, -0.15) is 0 Å². The van der Waals surface area contributed by atoms with Gasteiger partial charge < -0.3 is 0 Å². The molecule has 7 heteroatoms. The molecule has 0 amide bonds. The maximum atomic E-state index is 12.8. The number of hydrogen-bond donors (Lipinski definition) is 1. The van der Waals surface area contributed by atoms with E-state index in [1.54, 1.807) is 0 Å². The SMILES string of the molecule is CCC(Br)CNS(=O)(=O)c1cncc(F)c1. The molecule has 0 aliphatic rings. The third kappa shape index (κ3) is 3.80. The molecule has 0 spiro atoms. The van der Waals surface area contributed by atoms with Crippen LogP contribution in [0.1, 0.15) is 13.3 Å². The largest absolute Gasteiger partial charge is 0.260 e. The van der Waals surface area contributed by atoms with Gasteiger partial charge in [0.15, 0.2) is 0 Å². The molecule has 16 heavy (non-hydrogen) atoms. The molecule has 0 fully saturated rings. The fourth-order valence-electron chi connectivity index (χ4n) is 0.967. The zero-order chi connectivity index (χ0) is 12.2. The van der Waals surface area contributed by atoms with Gasteiger partial charge >= 0.3 is 0 Å². The average Bonchev–Trinajstić information content (AvgIpc) is 2.26. The van der Waals surface area contributed by atoms with Crippen LogP contribution in [0.4, 0.5) is 4.39 Å². The Morgan fingerprint density at radius 1 is 1.56 bits per heavy atom. The van der Waals surface area contributed by atoms with Crippen molar-refractivity contribution in [1.82, 2.24) is 9.71 Å². The van der Waals surface area contributed by atoms with E-state index in [4.69, 9.17) is 0 Å². The maximum absolute atomic E-state index is 12.8. The van der Waals surface area contributed by atoms with Crippen molar-refractivity contribution in [1.29, 1.82) is 0 Å². The molecule has 0 radical (unpaired) electrons. The van der Waals surface area contributed by atoms with Crippen molar-refractivity contribution in [3.05, 3.63) is 24.3 Å². The van der Waals surface area contributed by atoms with Gasteiger partial charge in [0.05, 0.1) is 6.20 Å². The lowest BCUT2D eigenvalue weighted by Crippen LogP contribution is -2.29. The quantitative estimate of drug-likeness (QED) is 0.842. The van der Waals surface area contributed by atoms with Crippen molar-refractivity contribution in [2.45, 2.75) is 23.1 Å². The minimum atomic E-state index is -3.67. The van der Waals surface area contributed by atoms with E-state index in [1.807, 2.05) is 6.92 Å². The molecule has 4 nitrogen and oxygen atoms in total. The molecule has 0 saturated heterocycles. The summed E-state index contributed by atoms with van der Waals surface area (Å²) in [5.41, 5.74) is 0. The summed E-state index contributed by atoms with van der Waals surface area (Å²) in [7, 11) is -3.67. The highest BCUT2D eigenvalue weighted by Crippen LogP contribution is 2.09. The summed E-state index contributed by atoms with van der Waals surface area (Å²) in [6.45, 7) is 2.19. The Morgan fingerprint density at radius 2 is 2.25 bits per heavy atom. The second kappa shape index (κ2) is 5.70. The van der Waals surface area contributed by atoms with Gasteiger partial charge in [0.25, 0.3) is 0 Å². The number of halogens is 2. The molecule has 1 N–H and O–H groups in total. The van der Waals surface area contributed by atoms with Crippen LogP contribution in [0.5, 0.6) is 0 Å². The van der Waals surface area contributed by atoms with E-state index in [2.05, 4.69) is 25.6 Å². The summed E-state index contributed by atoms with van der Waals surface area (Å²) in [6.07, 6.45) is 2.86. The van der Waals surface area contributed by atoms with Crippen LogP contribution in [0.15, 0.2) is 23.4 Å². The monoisotopic (exact) mass is 310 g/mol. The number of sulfonamides is 1. The van der Waals surface area contributed by atoms with E-state index in [-0.39, 0.29) is 16.3 Å². The average molecular weight is 311 g/mol. The first-order chi connectivity index (χ1) is 7.45. The summed E-state index contributed by atoms with van der Waals surface area (Å²) >= 11 is 3.30. The van der Waals surface area contributed by atoms with Crippen molar-refractivity contribution in [2.24, 2.45) is 0 Å². The van der Waals surface area contributed by atoms with E-state index in [9.17, 15) is 12.8 Å². The Bertz CT molecular complexity index is 453. The van der Waals surface area contributed by atoms with Crippen LogP contribution >= 0.6 is 15.9 Å². The maximum Gasteiger partial charge on any atom is 0.242 e. The number of aromatic nitrogens is 1. The van der Waals surface area contributed by atoms with E-state index >= 15 is 0 Å². The molecule has 1 aromatic heterocycles. The number of alkyl halides is 1. The van der Waals surface area contributed by atoms with E-state index < -0.39 is 15.8 Å². The fourth-order valence-corrected chi connectivity index (χ4v) is 2.40. The van der Waals surface area contributed by atoms with Gasteiger partial charge in [-0.3, -0.25) is 4.98 Å². The van der Waals surface area contributed by atoms with Gasteiger partial charge in [-0.05, 0) is 12.5 Å². The molecule has 90 valence electrons. The van der Waals surface area contributed by atoms with Crippen LogP contribution in [0, 0.1) is 5.82 Å². The first-order valence-electron chi connectivity index (χ1n) is 4.70. The lowest BCUT2D eigenvalue weighted by Gasteiger charge is -2.09. The van der Waals surface area contributed by atoms with Crippen molar-refractivity contribution < 1.29 is 12.8 Å². The fraction of sp³-hybridized carbons (Fsp3) is 0.444. The van der Waals surface area contributed by atoms with Gasteiger partial charge in [-0.25, -0.2) is 17.5 Å². The van der Waals surface area contributed by atoms with Crippen molar-refractivity contribution in [3.63, 3.8) is 0 Å². The van der Waals surface area contributed by atoms with Crippen molar-refractivity contribution >= 4 is 26.0 Å². The molecule has 0 bridgehead atoms. The van der Waals surface area contributed by atoms with Crippen LogP contribution in [0.2, 0.25) is 0 Å². The van der Waals surface area contributed by atoms with Crippen molar-refractivity contribution in [2.75, 3.05) is 6.54 Å². The highest BCUT2D eigenvalue weighted by molar-refractivity contribution is 9.09. The zero-order valence-corrected chi connectivity index (χ0v) is 11.1. The molecule has 1 aromatic rings. The van der Waals surface area contributed by atoms with E-state index in [0.717, 1.165) is 24.9 Å². The number of rotatable bonds is 5. The van der Waals surface area contributed by atoms with Gasteiger partial charge in [-0.15, -0.1) is 0 Å². The van der Waals surface area contributed by atoms with Crippen molar-refractivity contribution in [3.8, 4) is 0 Å². The Kier molecular flexibility index (Phi) is 4.82. The summed E-state index contributed by atoms with van der Waals surface area (Å²) in [6, 6.07) is 0.935. The molecule has 1 heterocycles. The molecule has 1 atom stereocenters. The van der Waals surface area contributed by atoms with Gasteiger partial charge in [0, 0.05) is 17.6 Å². The number of nitrogens with zero attached hydrogens (tertiary/aromatic N) is 1. The molecule has 0 aromatic carbocycles. The number of pyridine rings is 1. The van der Waals surface area contributed by atoms with Crippen LogP contribution in [0.25, 0.3) is 0 Å². The lowest BCUT2D eigenvalue weighted by atomic mass is 10.3. The molecular weight excluding hydrogens is 299 g/mol. The normalized spacial score (nSPS) is 13.7. The third-order valence-corrected chi connectivity index (χ3v) is 4.29. The topological polar surface area (TPSA) is 59.1 Å². The predicted octanol–water partition coefficient (Wildman–Crippen LogP) is 1.67. The van der Waals surface area contributed by atoms with Gasteiger partial charge in [0.2, 0.25) is 10.0 Å². The highest BCUT2D eigenvalue weighted by Gasteiger charge is 2.16. The Hall–Kier alpha value is -0.530. The molecule has 1 rings (SSSR count). The molecular formula is C9H12BrFN2O2S. The zero-order valence-electron chi connectivity index (χ0n) is 8.65. The molecule has 0 aliphatic carbocycles. The second-order valence-corrected chi connectivity index (χ2v) is 6.26. The molecule has 1 unspecified atom stereocenters. The minimum Gasteiger partial charge on any atom is -0.260 e. The van der Waals surface area contributed by atoms with Crippen LogP contribution in [-0.2, 0) is 10.0 Å². The molecule has 0 aliphatic heterocycles. The summed E-state index contributed by atoms with van der Waals surface area (Å²) in [4.78, 5) is 3.39. The van der Waals surface area contributed by atoms with Crippen LogP contribution < -0.4 is 4.72 Å². The van der Waals surface area contributed by atoms with E-state index in [0.29, 0.717) is 0 Å². The minimum absolute atomic E-state index is 0.0591. The van der Waals surface area contributed by atoms with Crippen LogP contribution in [-0.4, -0.2) is 24.8 Å². The standard InChI is InChI=1S/C9H12BrFN2O2S/c1-2-7(10)4-13-16(14,15)9-3-8(11)5-12-6-9/h3,5-7,13H,2,4H2,1H3. The Labute approximate surface area is 102 Å². The predicted molar refractivity (Wildman–Crippen MR) is 62.4 cm³/mol. The number of hydrogen-bond acceptors (Lipinski definition) is 3. The summed E-state index contributed by atoms with van der Waals surface area (Å²) in [5, 5.41) is 0. The third-order valence-electron chi connectivity index (χ3n) is 1.93. The van der Waals surface area contributed by atoms with E-state index in [1.165, 1.54) is 0 Å². The number of nitrogens with one attached hydrogen (secondary N) is 1. The Morgan fingerprint density at radius 3 is 2.81 bits per heavy atom. The molecule has 0 saturated carbocycles. The Balaban J connectivity index is 2.78. The smallest absolute Gasteiger partial charge is 0.242 e. The van der Waals surface area contributed by atoms with Crippen LogP contribution in [0.3, 0.4) is 0 Å². The summed E-state index contributed by atoms with van der Waals surface area (Å²) in [5.74, 6) is -0.672. The van der Waals surface area contributed by atoms with Gasteiger partial charge in [0.1, 0.15) is 10.7 Å². The lowest BCUT2D eigenvalue weighted by molar-refractivity contribution is 0.574. The first-order valence-corrected chi connectivity index (χ1v) is 7.10. The van der Waals surface area contributed by atoms with Gasteiger partial charge in [-0.1, -0.05) is 22.9 Å². The highest BCUT2D eigenvalue weighted by atomic mass is 79.9. The second-order valence-electron chi connectivity index (χ2n) is 3.20.